The van der Waals surface area contributed by atoms with Crippen LogP contribution in [0.4, 0.5) is 13.6 Å². The normalized spacial score (nSPS) is 13.6. The highest BCUT2D eigenvalue weighted by Gasteiger charge is 2.26. The van der Waals surface area contributed by atoms with Crippen LogP contribution >= 0.6 is 35.0 Å². The van der Waals surface area contributed by atoms with Crippen molar-refractivity contribution in [1.29, 1.82) is 0 Å². The van der Waals surface area contributed by atoms with Crippen molar-refractivity contribution in [3.63, 3.8) is 0 Å². The molecule has 11 heteroatoms. The summed E-state index contributed by atoms with van der Waals surface area (Å²) < 4.78 is 42.1. The molecular formula is C25H23Cl2F2NO5S. The molecule has 2 aromatic carbocycles. The van der Waals surface area contributed by atoms with Crippen LogP contribution in [0.15, 0.2) is 65.8 Å². The highest BCUT2D eigenvalue weighted by atomic mass is 35.5. The molecule has 1 aliphatic rings. The van der Waals surface area contributed by atoms with Crippen molar-refractivity contribution < 1.29 is 38.2 Å². The molecule has 36 heavy (non-hydrogen) atoms. The van der Waals surface area contributed by atoms with Gasteiger partial charge in [-0.2, -0.15) is 8.78 Å². The zero-order valence-electron chi connectivity index (χ0n) is 18.8. The molecule has 6 nitrogen and oxygen atoms in total. The van der Waals surface area contributed by atoms with E-state index in [1.165, 1.54) is 6.07 Å². The van der Waals surface area contributed by atoms with Gasteiger partial charge in [-0.1, -0.05) is 47.5 Å². The molecule has 0 bridgehead atoms. The van der Waals surface area contributed by atoms with E-state index in [9.17, 15) is 13.6 Å². The SMILES string of the molecule is O=C(O[C@@H](Cc1c(Cl)c[nH+]cc1Cl)c1ccc(OC(F)F)c(OCC2CC2)c1)Sc1ccccc1.[OH-]. The van der Waals surface area contributed by atoms with Crippen LogP contribution in [0.5, 0.6) is 11.5 Å². The van der Waals surface area contributed by atoms with Gasteiger partial charge in [-0.15, -0.1) is 0 Å². The van der Waals surface area contributed by atoms with E-state index in [2.05, 4.69) is 9.72 Å². The number of alkyl halides is 2. The first kappa shape index (κ1) is 28.0. The molecule has 0 aliphatic heterocycles. The fourth-order valence-electron chi connectivity index (χ4n) is 3.33. The Morgan fingerprint density at radius 3 is 2.39 bits per heavy atom. The maximum Gasteiger partial charge on any atom is 0.387 e. The molecular weight excluding hydrogens is 535 g/mol. The first-order chi connectivity index (χ1) is 16.9. The summed E-state index contributed by atoms with van der Waals surface area (Å²) in [5, 5.41) is 0.207. The molecule has 2 N–H and O–H groups in total. The number of halogens is 4. The van der Waals surface area contributed by atoms with E-state index in [1.807, 2.05) is 18.2 Å². The highest BCUT2D eigenvalue weighted by molar-refractivity contribution is 8.13. The zero-order valence-corrected chi connectivity index (χ0v) is 21.2. The lowest BCUT2D eigenvalue weighted by molar-refractivity contribution is -0.377. The van der Waals surface area contributed by atoms with E-state index in [4.69, 9.17) is 32.7 Å². The lowest BCUT2D eigenvalue weighted by Gasteiger charge is -2.21. The molecule has 1 aliphatic carbocycles. The van der Waals surface area contributed by atoms with Gasteiger partial charge in [-0.3, -0.25) is 0 Å². The molecule has 1 fully saturated rings. The molecule has 0 radical (unpaired) electrons. The van der Waals surface area contributed by atoms with Gasteiger partial charge >= 0.3 is 11.9 Å². The van der Waals surface area contributed by atoms with Crippen LogP contribution in [-0.2, 0) is 11.2 Å². The number of rotatable bonds is 10. The quantitative estimate of drug-likeness (QED) is 0.193. The first-order valence-electron chi connectivity index (χ1n) is 10.9. The van der Waals surface area contributed by atoms with Gasteiger partial charge < -0.3 is 19.7 Å². The molecule has 1 aromatic heterocycles. The number of hydrogen-bond donors (Lipinski definition) is 0. The van der Waals surface area contributed by atoms with Crippen LogP contribution in [0.25, 0.3) is 0 Å². The van der Waals surface area contributed by atoms with E-state index < -0.39 is 18.0 Å². The minimum absolute atomic E-state index is 0. The number of aromatic nitrogens is 1. The summed E-state index contributed by atoms with van der Waals surface area (Å²) in [6.07, 6.45) is 4.55. The van der Waals surface area contributed by atoms with Crippen molar-refractivity contribution in [1.82, 2.24) is 0 Å². The summed E-state index contributed by atoms with van der Waals surface area (Å²) in [5.74, 6) is 0.468. The van der Waals surface area contributed by atoms with Crippen molar-refractivity contribution in [2.75, 3.05) is 6.61 Å². The van der Waals surface area contributed by atoms with Gasteiger partial charge in [0.15, 0.2) is 23.9 Å². The van der Waals surface area contributed by atoms with Crippen molar-refractivity contribution in [2.24, 2.45) is 5.92 Å². The van der Waals surface area contributed by atoms with E-state index in [-0.39, 0.29) is 23.4 Å². The summed E-state index contributed by atoms with van der Waals surface area (Å²) in [4.78, 5) is 16.3. The Balaban J connectivity index is 0.00000361. The standard InChI is InChI=1S/C25H21Cl2F2NO4S.H2O/c26-19-12-30-13-20(27)18(19)11-22(34-25(31)35-17-4-2-1-3-5-17)16-8-9-21(33-24(28)29)23(10-16)32-14-15-6-7-15;/h1-5,8-10,12-13,15,22,24H,6-7,11,14H2;1H2/t22-;/m0./s1. The Morgan fingerprint density at radius 1 is 1.06 bits per heavy atom. The molecule has 4 rings (SSSR count). The summed E-state index contributed by atoms with van der Waals surface area (Å²) >= 11 is 13.6. The zero-order chi connectivity index (χ0) is 24.8. The first-order valence-corrected chi connectivity index (χ1v) is 12.5. The smallest absolute Gasteiger partial charge is 0.387 e. The van der Waals surface area contributed by atoms with E-state index >= 15 is 0 Å². The third kappa shape index (κ3) is 7.96. The molecule has 3 aromatic rings. The Morgan fingerprint density at radius 2 is 1.75 bits per heavy atom. The second-order valence-corrected chi connectivity index (χ2v) is 9.77. The molecule has 0 saturated heterocycles. The van der Waals surface area contributed by atoms with Crippen molar-refractivity contribution in [2.45, 2.75) is 36.9 Å². The van der Waals surface area contributed by atoms with Crippen molar-refractivity contribution in [3.8, 4) is 11.5 Å². The topological polar surface area (TPSA) is 88.9 Å². The number of pyridine rings is 1. The summed E-state index contributed by atoms with van der Waals surface area (Å²) in [5.41, 5.74) is 1.10. The van der Waals surface area contributed by atoms with Crippen LogP contribution in [-0.4, -0.2) is 24.0 Å². The van der Waals surface area contributed by atoms with Crippen LogP contribution < -0.4 is 14.5 Å². The Bertz CT molecular complexity index is 1150. The predicted molar refractivity (Wildman–Crippen MR) is 131 cm³/mol. The number of carbonyl (C=O) groups excluding carboxylic acids is 1. The van der Waals surface area contributed by atoms with E-state index in [1.54, 1.807) is 36.7 Å². The van der Waals surface area contributed by atoms with E-state index in [0.717, 1.165) is 29.5 Å². The maximum atomic E-state index is 12.9. The number of hydrogen-bond acceptors (Lipinski definition) is 6. The van der Waals surface area contributed by atoms with Gasteiger partial charge in [0.05, 0.1) is 6.61 Å². The average molecular weight is 558 g/mol. The lowest BCUT2D eigenvalue weighted by Crippen LogP contribution is -2.14. The summed E-state index contributed by atoms with van der Waals surface area (Å²) in [6.45, 7) is -2.61. The molecule has 1 atom stereocenters. The monoisotopic (exact) mass is 557 g/mol. The summed E-state index contributed by atoms with van der Waals surface area (Å²) in [6, 6.07) is 13.6. The third-order valence-corrected chi connectivity index (χ3v) is 6.74. The molecule has 0 amide bonds. The Hall–Kier alpha value is -2.59. The van der Waals surface area contributed by atoms with Crippen molar-refractivity contribution >= 4 is 40.3 Å². The lowest BCUT2D eigenvalue weighted by atomic mass is 10.0. The fraction of sp³-hybridized carbons (Fsp3) is 0.280. The molecule has 0 unspecified atom stereocenters. The minimum atomic E-state index is -3.00. The van der Waals surface area contributed by atoms with Crippen LogP contribution in [0.1, 0.15) is 30.1 Å². The average Bonchev–Trinajstić information content (AvgIpc) is 3.65. The van der Waals surface area contributed by atoms with Crippen LogP contribution in [0, 0.1) is 5.92 Å². The van der Waals surface area contributed by atoms with Crippen LogP contribution in [0.3, 0.4) is 0 Å². The minimum Gasteiger partial charge on any atom is -0.870 e. The third-order valence-electron chi connectivity index (χ3n) is 5.30. The number of benzene rings is 2. The second kappa shape index (κ2) is 13.1. The Labute approximate surface area is 221 Å². The van der Waals surface area contributed by atoms with Gasteiger partial charge in [0.2, 0.25) is 0 Å². The number of ether oxygens (including phenoxy) is 3. The molecule has 1 saturated carbocycles. The molecule has 0 spiro atoms. The van der Waals surface area contributed by atoms with Gasteiger partial charge in [0.25, 0.3) is 0 Å². The fourth-order valence-corrected chi connectivity index (χ4v) is 4.51. The van der Waals surface area contributed by atoms with E-state index in [0.29, 0.717) is 33.7 Å². The van der Waals surface area contributed by atoms with Gasteiger partial charge in [0.1, 0.15) is 16.1 Å². The largest absolute Gasteiger partial charge is 0.870 e. The summed E-state index contributed by atoms with van der Waals surface area (Å²) in [7, 11) is 0. The molecule has 192 valence electrons. The Kier molecular flexibility index (Phi) is 10.2. The van der Waals surface area contributed by atoms with Gasteiger partial charge in [-0.25, -0.2) is 9.78 Å². The number of nitrogens with one attached hydrogen (secondary N) is 1. The highest BCUT2D eigenvalue weighted by Crippen LogP contribution is 2.38. The predicted octanol–water partition coefficient (Wildman–Crippen LogP) is 7.23. The van der Waals surface area contributed by atoms with Gasteiger partial charge in [-0.05, 0) is 60.4 Å². The number of H-pyrrole nitrogens is 1. The maximum absolute atomic E-state index is 12.9. The van der Waals surface area contributed by atoms with Crippen LogP contribution in [0.2, 0.25) is 10.0 Å². The van der Waals surface area contributed by atoms with Gasteiger partial charge in [0, 0.05) is 16.9 Å². The molecule has 1 heterocycles. The number of carbonyl (C=O) groups is 1. The number of aromatic amines is 1. The van der Waals surface area contributed by atoms with Crippen molar-refractivity contribution in [3.05, 3.63) is 82.1 Å². The second-order valence-electron chi connectivity index (χ2n) is 7.94. The number of thioether (sulfide) groups is 1.